The highest BCUT2D eigenvalue weighted by molar-refractivity contribution is 8.08. The van der Waals surface area contributed by atoms with E-state index in [9.17, 15) is 13.2 Å². The topological polar surface area (TPSA) is 79.3 Å². The molecule has 0 spiro atoms. The Labute approximate surface area is 176 Å². The number of anilines is 1. The average molecular weight is 426 g/mol. The SMILES string of the molecule is C=Cc1ccc(CN2N=C(C(=O)N3CCOCC3)S(=O)(=O)c3ccc(C)cc32)cc1. The molecule has 0 aliphatic carbocycles. The highest BCUT2D eigenvalue weighted by Crippen LogP contribution is 2.34. The van der Waals surface area contributed by atoms with Gasteiger partial charge >= 0.3 is 0 Å². The summed E-state index contributed by atoms with van der Waals surface area (Å²) >= 11 is 0. The van der Waals surface area contributed by atoms with E-state index in [4.69, 9.17) is 4.74 Å². The summed E-state index contributed by atoms with van der Waals surface area (Å²) in [6, 6.07) is 12.8. The van der Waals surface area contributed by atoms with Crippen LogP contribution in [0.25, 0.3) is 6.08 Å². The summed E-state index contributed by atoms with van der Waals surface area (Å²) in [5.74, 6) is -0.587. The lowest BCUT2D eigenvalue weighted by Gasteiger charge is -2.31. The van der Waals surface area contributed by atoms with Crippen molar-refractivity contribution in [3.63, 3.8) is 0 Å². The van der Waals surface area contributed by atoms with Crippen molar-refractivity contribution in [3.05, 3.63) is 65.7 Å². The van der Waals surface area contributed by atoms with Gasteiger partial charge in [0.25, 0.3) is 5.91 Å². The van der Waals surface area contributed by atoms with Crippen LogP contribution in [-0.2, 0) is 25.9 Å². The number of sulfone groups is 1. The van der Waals surface area contributed by atoms with Gasteiger partial charge in [-0.05, 0) is 35.7 Å². The Kier molecular flexibility index (Phi) is 5.44. The van der Waals surface area contributed by atoms with Gasteiger partial charge in [0.05, 0.1) is 30.3 Å². The summed E-state index contributed by atoms with van der Waals surface area (Å²) in [6.45, 7) is 7.44. The second-order valence-corrected chi connectivity index (χ2v) is 9.12. The quantitative estimate of drug-likeness (QED) is 0.752. The van der Waals surface area contributed by atoms with Crippen LogP contribution >= 0.6 is 0 Å². The van der Waals surface area contributed by atoms with Gasteiger partial charge in [-0.1, -0.05) is 43.0 Å². The molecule has 4 rings (SSSR count). The van der Waals surface area contributed by atoms with E-state index in [1.165, 1.54) is 4.90 Å². The molecular weight excluding hydrogens is 402 g/mol. The first kappa shape index (κ1) is 20.3. The van der Waals surface area contributed by atoms with E-state index in [0.717, 1.165) is 16.7 Å². The predicted octanol–water partition coefficient (Wildman–Crippen LogP) is 2.60. The van der Waals surface area contributed by atoms with Crippen LogP contribution in [0, 0.1) is 6.92 Å². The third-order valence-corrected chi connectivity index (χ3v) is 6.87. The number of rotatable bonds is 4. The number of hydrazone groups is 1. The standard InChI is InChI=1S/C22H23N3O4S/c1-3-17-5-7-18(8-6-17)15-25-19-14-16(2)4-9-20(19)30(27,28)21(23-25)22(26)24-10-12-29-13-11-24/h3-9,14H,1,10-13,15H2,2H3. The number of carbonyl (C=O) groups excluding carboxylic acids is 1. The molecular formula is C22H23N3O4S. The molecule has 0 aromatic heterocycles. The first-order valence-corrected chi connectivity index (χ1v) is 11.2. The van der Waals surface area contributed by atoms with Gasteiger partial charge in [-0.15, -0.1) is 0 Å². The third-order valence-electron chi connectivity index (χ3n) is 5.18. The number of carbonyl (C=O) groups is 1. The van der Waals surface area contributed by atoms with E-state index in [1.54, 1.807) is 29.3 Å². The first-order valence-electron chi connectivity index (χ1n) is 9.70. The van der Waals surface area contributed by atoms with E-state index < -0.39 is 20.8 Å². The van der Waals surface area contributed by atoms with Crippen LogP contribution in [0.5, 0.6) is 0 Å². The van der Waals surface area contributed by atoms with Crippen molar-refractivity contribution < 1.29 is 17.9 Å². The lowest BCUT2D eigenvalue weighted by Crippen LogP contribution is -2.47. The highest BCUT2D eigenvalue weighted by atomic mass is 32.2. The molecule has 1 saturated heterocycles. The van der Waals surface area contributed by atoms with Crippen molar-refractivity contribution >= 4 is 32.6 Å². The third kappa shape index (κ3) is 3.76. The van der Waals surface area contributed by atoms with Crippen LogP contribution in [0.15, 0.2) is 59.0 Å². The molecule has 1 fully saturated rings. The Bertz CT molecular complexity index is 1120. The van der Waals surface area contributed by atoms with Gasteiger partial charge in [0.2, 0.25) is 14.9 Å². The molecule has 0 N–H and O–H groups in total. The molecule has 0 bridgehead atoms. The molecule has 2 heterocycles. The zero-order valence-corrected chi connectivity index (χ0v) is 17.6. The molecule has 1 amide bonds. The summed E-state index contributed by atoms with van der Waals surface area (Å²) in [7, 11) is -4.02. The summed E-state index contributed by atoms with van der Waals surface area (Å²) in [4.78, 5) is 14.6. The minimum absolute atomic E-state index is 0.0995. The maximum Gasteiger partial charge on any atom is 0.286 e. The van der Waals surface area contributed by atoms with Crippen LogP contribution in [0.4, 0.5) is 5.69 Å². The van der Waals surface area contributed by atoms with Crippen molar-refractivity contribution in [1.82, 2.24) is 4.90 Å². The average Bonchev–Trinajstić information content (AvgIpc) is 2.76. The summed E-state index contributed by atoms with van der Waals surface area (Å²) in [5, 5.41) is 5.50. The summed E-state index contributed by atoms with van der Waals surface area (Å²) in [6.07, 6.45) is 1.76. The molecule has 0 unspecified atom stereocenters. The number of nitrogens with zero attached hydrogens (tertiary/aromatic N) is 3. The van der Waals surface area contributed by atoms with Gasteiger partial charge < -0.3 is 9.64 Å². The van der Waals surface area contributed by atoms with Gasteiger partial charge in [0.1, 0.15) is 0 Å². The van der Waals surface area contributed by atoms with Gasteiger partial charge in [-0.2, -0.15) is 5.10 Å². The van der Waals surface area contributed by atoms with Gasteiger partial charge in [0, 0.05) is 13.1 Å². The Morgan fingerprint density at radius 2 is 1.87 bits per heavy atom. The second kappa shape index (κ2) is 8.04. The Balaban J connectivity index is 1.76. The van der Waals surface area contributed by atoms with Crippen LogP contribution in [0.1, 0.15) is 16.7 Å². The van der Waals surface area contributed by atoms with Crippen LogP contribution in [-0.4, -0.2) is 50.6 Å². The monoisotopic (exact) mass is 425 g/mol. The zero-order valence-electron chi connectivity index (χ0n) is 16.7. The highest BCUT2D eigenvalue weighted by Gasteiger charge is 2.39. The number of hydrogen-bond donors (Lipinski definition) is 0. The van der Waals surface area contributed by atoms with E-state index in [0.29, 0.717) is 38.5 Å². The maximum absolute atomic E-state index is 13.2. The summed E-state index contributed by atoms with van der Waals surface area (Å²) in [5.41, 5.74) is 3.31. The number of amides is 1. The zero-order chi connectivity index (χ0) is 21.3. The molecule has 2 aromatic carbocycles. The number of aryl methyl sites for hydroxylation is 1. The number of fused-ring (bicyclic) bond motifs is 1. The number of hydrogen-bond acceptors (Lipinski definition) is 6. The molecule has 7 nitrogen and oxygen atoms in total. The largest absolute Gasteiger partial charge is 0.378 e. The number of morpholine rings is 1. The van der Waals surface area contributed by atoms with Crippen molar-refractivity contribution in [2.45, 2.75) is 18.4 Å². The van der Waals surface area contributed by atoms with Crippen molar-refractivity contribution in [2.24, 2.45) is 5.10 Å². The molecule has 156 valence electrons. The Morgan fingerprint density at radius 1 is 1.17 bits per heavy atom. The van der Waals surface area contributed by atoms with Gasteiger partial charge in [-0.25, -0.2) is 8.42 Å². The Morgan fingerprint density at radius 3 is 2.53 bits per heavy atom. The maximum atomic E-state index is 13.2. The number of ether oxygens (including phenoxy) is 1. The normalized spacial score (nSPS) is 17.8. The lowest BCUT2D eigenvalue weighted by atomic mass is 10.1. The van der Waals surface area contributed by atoms with E-state index in [2.05, 4.69) is 11.7 Å². The fraction of sp³-hybridized carbons (Fsp3) is 0.273. The van der Waals surface area contributed by atoms with Crippen LogP contribution in [0.3, 0.4) is 0 Å². The molecule has 2 aliphatic rings. The van der Waals surface area contributed by atoms with Crippen molar-refractivity contribution in [2.75, 3.05) is 31.3 Å². The fourth-order valence-corrected chi connectivity index (χ4v) is 4.95. The van der Waals surface area contributed by atoms with E-state index in [-0.39, 0.29) is 4.90 Å². The molecule has 8 heteroatoms. The second-order valence-electron chi connectivity index (χ2n) is 7.29. The van der Waals surface area contributed by atoms with Crippen LogP contribution in [0.2, 0.25) is 0 Å². The van der Waals surface area contributed by atoms with Crippen molar-refractivity contribution in [3.8, 4) is 0 Å². The van der Waals surface area contributed by atoms with Gasteiger partial charge in [-0.3, -0.25) is 9.80 Å². The predicted molar refractivity (Wildman–Crippen MR) is 116 cm³/mol. The summed E-state index contributed by atoms with van der Waals surface area (Å²) < 4.78 is 31.7. The van der Waals surface area contributed by atoms with Crippen molar-refractivity contribution in [1.29, 1.82) is 0 Å². The lowest BCUT2D eigenvalue weighted by molar-refractivity contribution is -0.127. The molecule has 0 radical (unpaired) electrons. The molecule has 2 aromatic rings. The fourth-order valence-electron chi connectivity index (χ4n) is 3.49. The minimum Gasteiger partial charge on any atom is -0.378 e. The Hall–Kier alpha value is -2.97. The first-order chi connectivity index (χ1) is 14.4. The smallest absolute Gasteiger partial charge is 0.286 e. The van der Waals surface area contributed by atoms with Crippen LogP contribution < -0.4 is 5.01 Å². The molecule has 0 saturated carbocycles. The molecule has 30 heavy (non-hydrogen) atoms. The molecule has 2 aliphatic heterocycles. The van der Waals surface area contributed by atoms with E-state index >= 15 is 0 Å². The van der Waals surface area contributed by atoms with E-state index in [1.807, 2.05) is 31.2 Å². The number of benzene rings is 2. The molecule has 0 atom stereocenters. The minimum atomic E-state index is -4.02. The van der Waals surface area contributed by atoms with Gasteiger partial charge in [0.15, 0.2) is 0 Å².